The van der Waals surface area contributed by atoms with Crippen LogP contribution >= 0.6 is 0 Å². The summed E-state index contributed by atoms with van der Waals surface area (Å²) in [4.78, 5) is 2.02. The van der Waals surface area contributed by atoms with Crippen molar-refractivity contribution < 1.29 is 10.2 Å². The van der Waals surface area contributed by atoms with Crippen molar-refractivity contribution in [2.24, 2.45) is 0 Å². The number of hydrogen-bond acceptors (Lipinski definition) is 3. The predicted octanol–water partition coefficient (Wildman–Crippen LogP) is 10.3. The molecule has 0 saturated carbocycles. The van der Waals surface area contributed by atoms with E-state index in [0.29, 0.717) is 11.4 Å². The largest absolute Gasteiger partial charge is 0.506 e. The van der Waals surface area contributed by atoms with Crippen LogP contribution in [-0.4, -0.2) is 30.5 Å². The molecule has 0 aliphatic carbocycles. The minimum atomic E-state index is 0.118. The smallest absolute Gasteiger partial charge is 0.142 e. The average molecular weight is 745 g/mol. The third-order valence-electron chi connectivity index (χ3n) is 11.3. The van der Waals surface area contributed by atoms with Gasteiger partial charge < -0.3 is 19.7 Å². The molecule has 0 aliphatic heterocycles. The summed E-state index contributed by atoms with van der Waals surface area (Å²) in [7, 11) is 4.05. The van der Waals surface area contributed by atoms with Crippen LogP contribution in [0.25, 0.3) is 71.6 Å². The van der Waals surface area contributed by atoms with E-state index >= 15 is 0 Å². The maximum absolute atomic E-state index is 12.2. The summed E-state index contributed by atoms with van der Waals surface area (Å²) in [6.45, 7) is 0. The molecule has 0 unspecified atom stereocenters. The van der Waals surface area contributed by atoms with E-state index in [1.165, 1.54) is 5.39 Å². The molecule has 0 spiro atoms. The van der Waals surface area contributed by atoms with Gasteiger partial charge >= 0.3 is 0 Å². The van der Waals surface area contributed by atoms with E-state index in [1.807, 2.05) is 81.3 Å². The van der Waals surface area contributed by atoms with E-state index in [-0.39, 0.29) is 11.5 Å². The Kier molecular flexibility index (Phi) is 8.61. The molecule has 58 heavy (non-hydrogen) atoms. The van der Waals surface area contributed by atoms with Crippen LogP contribution in [0.4, 0.5) is 17.1 Å². The number of benzene rings is 9. The molecule has 0 aliphatic rings. The Morgan fingerprint density at radius 1 is 0.414 bits per heavy atom. The van der Waals surface area contributed by atoms with Crippen LogP contribution in [0.1, 0.15) is 0 Å². The molecule has 10 rings (SSSR count). The van der Waals surface area contributed by atoms with Crippen LogP contribution in [0.3, 0.4) is 0 Å². The number of aromatic nitrogens is 1. The Hall–Kier alpha value is -7.43. The summed E-state index contributed by atoms with van der Waals surface area (Å²) < 4.78 is 2.33. The van der Waals surface area contributed by atoms with Crippen molar-refractivity contribution in [1.82, 2.24) is 4.57 Å². The fourth-order valence-corrected chi connectivity index (χ4v) is 8.83. The number of nitrogens with zero attached hydrogens (tertiary/aromatic N) is 2. The minimum absolute atomic E-state index is 0.118. The zero-order valence-corrected chi connectivity index (χ0v) is 32.3. The fourth-order valence-electron chi connectivity index (χ4n) is 8.83. The van der Waals surface area contributed by atoms with Crippen LogP contribution in [0.5, 0.6) is 11.5 Å². The van der Waals surface area contributed by atoms with Crippen molar-refractivity contribution in [3.05, 3.63) is 194 Å². The highest BCUT2D eigenvalue weighted by atomic mass is 16.3. The maximum atomic E-state index is 12.2. The van der Waals surface area contributed by atoms with Crippen LogP contribution in [-0.2, 0) is 0 Å². The molecule has 0 radical (unpaired) electrons. The molecular weight excluding hydrogens is 706 g/mol. The summed E-state index contributed by atoms with van der Waals surface area (Å²) in [6, 6.07) is 66.6. The standard InChI is InChI=1S/C52H38B2N2O2/c53-44-29-36(33-14-3-1-4-15-33)31-48(57)51(44)56(52-45(54)30-37(32-49(52)58)41-24-12-17-34-16-7-8-22-40(34)41)39-21-11-18-35(28-39)42-25-13-27-47-50(42)43-23-9-10-26-46(43)55(47)38-19-5-2-6-20-38/h1-32,57-58H,53-54H2. The summed E-state index contributed by atoms with van der Waals surface area (Å²) >= 11 is 0. The second-order valence-corrected chi connectivity index (χ2v) is 15.0. The van der Waals surface area contributed by atoms with Gasteiger partial charge in [0.25, 0.3) is 0 Å². The number of aromatic hydroxyl groups is 2. The van der Waals surface area contributed by atoms with E-state index in [0.717, 1.165) is 82.9 Å². The summed E-state index contributed by atoms with van der Waals surface area (Å²) in [6.07, 6.45) is 0. The molecule has 274 valence electrons. The summed E-state index contributed by atoms with van der Waals surface area (Å²) in [5.41, 5.74) is 13.1. The summed E-state index contributed by atoms with van der Waals surface area (Å²) in [5.74, 6) is 0.238. The van der Waals surface area contributed by atoms with E-state index < -0.39 is 0 Å². The molecule has 1 aromatic heterocycles. The molecule has 0 fully saturated rings. The number of rotatable bonds is 7. The number of hydrogen-bond donors (Lipinski definition) is 2. The number of phenols is 2. The van der Waals surface area contributed by atoms with Gasteiger partial charge in [-0.25, -0.2) is 0 Å². The number of anilines is 3. The Bertz CT molecular complexity index is 3130. The van der Waals surface area contributed by atoms with Crippen LogP contribution in [0.15, 0.2) is 194 Å². The first kappa shape index (κ1) is 35.0. The lowest BCUT2D eigenvalue weighted by Gasteiger charge is -2.31. The minimum Gasteiger partial charge on any atom is -0.506 e. The van der Waals surface area contributed by atoms with Gasteiger partial charge in [-0.05, 0) is 92.7 Å². The van der Waals surface area contributed by atoms with Crippen molar-refractivity contribution in [1.29, 1.82) is 0 Å². The van der Waals surface area contributed by atoms with Crippen molar-refractivity contribution in [2.75, 3.05) is 4.90 Å². The lowest BCUT2D eigenvalue weighted by atomic mass is 9.85. The molecule has 0 bridgehead atoms. The fraction of sp³-hybridized carbons (Fsp3) is 0. The van der Waals surface area contributed by atoms with Gasteiger partial charge in [0.15, 0.2) is 0 Å². The quantitative estimate of drug-likeness (QED) is 0.160. The van der Waals surface area contributed by atoms with Gasteiger partial charge in [-0.3, -0.25) is 0 Å². The van der Waals surface area contributed by atoms with E-state index in [2.05, 4.69) is 138 Å². The van der Waals surface area contributed by atoms with Gasteiger partial charge in [0.1, 0.15) is 27.2 Å². The maximum Gasteiger partial charge on any atom is 0.142 e. The van der Waals surface area contributed by atoms with Gasteiger partial charge in [0, 0.05) is 22.1 Å². The third kappa shape index (κ3) is 5.89. The topological polar surface area (TPSA) is 48.6 Å². The van der Waals surface area contributed by atoms with Crippen molar-refractivity contribution in [2.45, 2.75) is 0 Å². The van der Waals surface area contributed by atoms with E-state index in [9.17, 15) is 10.2 Å². The van der Waals surface area contributed by atoms with Crippen molar-refractivity contribution in [3.8, 4) is 50.6 Å². The first-order valence-corrected chi connectivity index (χ1v) is 19.6. The molecule has 6 heteroatoms. The SMILES string of the molecule is Bc1cc(-c2ccccc2)cc(O)c1N(c1cccc(-c2cccc3c2c2ccccc2n3-c2ccccc2)c1)c1c(B)cc(-c2cccc3ccccc23)cc1O. The second kappa shape index (κ2) is 14.3. The van der Waals surface area contributed by atoms with Crippen LogP contribution in [0.2, 0.25) is 0 Å². The van der Waals surface area contributed by atoms with Gasteiger partial charge in [-0.15, -0.1) is 0 Å². The normalized spacial score (nSPS) is 11.4. The summed E-state index contributed by atoms with van der Waals surface area (Å²) in [5, 5.41) is 28.9. The van der Waals surface area contributed by atoms with Gasteiger partial charge in [0.05, 0.1) is 22.4 Å². The monoisotopic (exact) mass is 744 g/mol. The van der Waals surface area contributed by atoms with Gasteiger partial charge in [-0.1, -0.05) is 157 Å². The molecule has 0 amide bonds. The van der Waals surface area contributed by atoms with Crippen molar-refractivity contribution in [3.63, 3.8) is 0 Å². The zero-order chi connectivity index (χ0) is 39.3. The van der Waals surface area contributed by atoms with Gasteiger partial charge in [-0.2, -0.15) is 0 Å². The number of fused-ring (bicyclic) bond motifs is 4. The molecule has 4 nitrogen and oxygen atoms in total. The third-order valence-corrected chi connectivity index (χ3v) is 11.3. The van der Waals surface area contributed by atoms with Crippen LogP contribution in [0, 0.1) is 0 Å². The molecule has 10 aromatic rings. The van der Waals surface area contributed by atoms with Crippen LogP contribution < -0.4 is 15.8 Å². The lowest BCUT2D eigenvalue weighted by molar-refractivity contribution is 0.473. The highest BCUT2D eigenvalue weighted by Crippen LogP contribution is 2.46. The Balaban J connectivity index is 1.19. The zero-order valence-electron chi connectivity index (χ0n) is 32.3. The average Bonchev–Trinajstić information content (AvgIpc) is 3.60. The Morgan fingerprint density at radius 2 is 0.966 bits per heavy atom. The first-order valence-electron chi connectivity index (χ1n) is 19.6. The van der Waals surface area contributed by atoms with Crippen molar-refractivity contribution >= 4 is 76.3 Å². The van der Waals surface area contributed by atoms with E-state index in [4.69, 9.17) is 0 Å². The highest BCUT2D eigenvalue weighted by molar-refractivity contribution is 6.40. The highest BCUT2D eigenvalue weighted by Gasteiger charge is 2.25. The lowest BCUT2D eigenvalue weighted by Crippen LogP contribution is -2.25. The Labute approximate surface area is 339 Å². The Morgan fingerprint density at radius 3 is 1.72 bits per heavy atom. The first-order chi connectivity index (χ1) is 28.4. The molecule has 0 atom stereocenters. The molecular formula is C52H38B2N2O2. The van der Waals surface area contributed by atoms with E-state index in [1.54, 1.807) is 0 Å². The molecule has 0 saturated heterocycles. The second-order valence-electron chi connectivity index (χ2n) is 15.0. The molecule has 1 heterocycles. The van der Waals surface area contributed by atoms with Gasteiger partial charge in [0.2, 0.25) is 0 Å². The molecule has 9 aromatic carbocycles. The number of para-hydroxylation sites is 2. The molecule has 2 N–H and O–H groups in total. The number of phenolic OH excluding ortho intramolecular Hbond substituents is 2. The predicted molar refractivity (Wildman–Crippen MR) is 249 cm³/mol.